The molecule has 12 heteroatoms. The molecular formula is C35H25BrCl2IN3O4S. The van der Waals surface area contributed by atoms with Crippen LogP contribution in [0.5, 0.6) is 11.5 Å². The molecule has 0 spiro atoms. The van der Waals surface area contributed by atoms with Gasteiger partial charge in [0.2, 0.25) is 0 Å². The Hall–Kier alpha value is -3.42. The van der Waals surface area contributed by atoms with E-state index in [4.69, 9.17) is 37.7 Å². The molecule has 0 saturated carbocycles. The second-order valence-corrected chi connectivity index (χ2v) is 14.4. The van der Waals surface area contributed by atoms with E-state index < -0.39 is 6.04 Å². The number of anilines is 1. The minimum absolute atomic E-state index is 0.199. The molecule has 0 saturated heterocycles. The quantitative estimate of drug-likeness (QED) is 0.160. The summed E-state index contributed by atoms with van der Waals surface area (Å²) in [7, 11) is 1.58. The van der Waals surface area contributed by atoms with Crippen LogP contribution in [0.25, 0.3) is 6.08 Å². The Morgan fingerprint density at radius 1 is 1.09 bits per heavy atom. The molecule has 1 aliphatic rings. The Labute approximate surface area is 306 Å². The van der Waals surface area contributed by atoms with Crippen molar-refractivity contribution in [3.63, 3.8) is 0 Å². The highest BCUT2D eigenvalue weighted by atomic mass is 127. The first-order valence-electron chi connectivity index (χ1n) is 14.2. The van der Waals surface area contributed by atoms with E-state index in [0.717, 1.165) is 13.6 Å². The number of ether oxygens (including phenoxy) is 2. The number of rotatable bonds is 8. The first kappa shape index (κ1) is 33.5. The number of carbonyl (C=O) groups is 1. The Bertz CT molecular complexity index is 2240. The van der Waals surface area contributed by atoms with Crippen LogP contribution in [-0.4, -0.2) is 17.6 Å². The number of carbonyl (C=O) groups excluding carboxylic acids is 1. The molecule has 4 aromatic carbocycles. The van der Waals surface area contributed by atoms with E-state index in [1.54, 1.807) is 36.8 Å². The lowest BCUT2D eigenvalue weighted by Gasteiger charge is -2.25. The molecule has 2 heterocycles. The molecule has 6 rings (SSSR count). The molecule has 238 valence electrons. The van der Waals surface area contributed by atoms with Crippen molar-refractivity contribution in [1.29, 1.82) is 0 Å². The third kappa shape index (κ3) is 7.22. The van der Waals surface area contributed by atoms with E-state index in [-0.39, 0.29) is 18.1 Å². The molecule has 47 heavy (non-hydrogen) atoms. The van der Waals surface area contributed by atoms with Gasteiger partial charge in [0, 0.05) is 31.3 Å². The summed E-state index contributed by atoms with van der Waals surface area (Å²) in [6, 6.07) is 24.9. The van der Waals surface area contributed by atoms with Crippen LogP contribution < -0.4 is 29.7 Å². The summed E-state index contributed by atoms with van der Waals surface area (Å²) in [6.45, 7) is 1.99. The van der Waals surface area contributed by atoms with Gasteiger partial charge in [-0.15, -0.1) is 0 Å². The smallest absolute Gasteiger partial charge is 0.271 e. The van der Waals surface area contributed by atoms with Crippen LogP contribution in [0.3, 0.4) is 0 Å². The minimum Gasteiger partial charge on any atom is -0.497 e. The van der Waals surface area contributed by atoms with Gasteiger partial charge >= 0.3 is 0 Å². The number of hydrogen-bond donors (Lipinski definition) is 1. The molecule has 5 aromatic rings. The Morgan fingerprint density at radius 3 is 2.62 bits per heavy atom. The van der Waals surface area contributed by atoms with E-state index in [9.17, 15) is 9.59 Å². The highest BCUT2D eigenvalue weighted by Gasteiger charge is 2.33. The van der Waals surface area contributed by atoms with Crippen molar-refractivity contribution in [2.45, 2.75) is 19.6 Å². The van der Waals surface area contributed by atoms with E-state index in [2.05, 4.69) is 43.8 Å². The van der Waals surface area contributed by atoms with Crippen LogP contribution >= 0.6 is 73.1 Å². The second kappa shape index (κ2) is 14.4. The molecule has 1 amide bonds. The molecule has 1 N–H and O–H groups in total. The summed E-state index contributed by atoms with van der Waals surface area (Å²) in [6.07, 6.45) is 1.79. The van der Waals surface area contributed by atoms with Crippen LogP contribution in [0.4, 0.5) is 5.69 Å². The number of fused-ring (bicyclic) bond motifs is 1. The lowest BCUT2D eigenvalue weighted by atomic mass is 9.95. The highest BCUT2D eigenvalue weighted by Crippen LogP contribution is 2.34. The highest BCUT2D eigenvalue weighted by molar-refractivity contribution is 14.1. The molecular weight excluding hydrogens is 836 g/mol. The number of amides is 1. The Morgan fingerprint density at radius 2 is 1.87 bits per heavy atom. The van der Waals surface area contributed by atoms with Crippen molar-refractivity contribution in [2.24, 2.45) is 4.99 Å². The standard InChI is InChI=1S/C35H25BrCl2IN3O4S/c1-19-30(33(43)41-25-8-4-3-5-9-25)31(20-7-6-10-26(14-20)45-2)42-34(44)29(47-35(42)40-19)15-22-13-23(36)16-28(39)32(22)46-18-21-11-12-24(37)17-27(21)38/h3-17,31H,18H2,1-2H3,(H,41,43)/b29-15-/t31-/m1/s1. The molecule has 1 atom stereocenters. The van der Waals surface area contributed by atoms with Crippen molar-refractivity contribution in [3.05, 3.63) is 151 Å². The number of nitrogens with one attached hydrogen (secondary N) is 1. The summed E-state index contributed by atoms with van der Waals surface area (Å²) in [5, 5.41) is 4.01. The zero-order chi connectivity index (χ0) is 33.2. The number of allylic oxidation sites excluding steroid dienone is 1. The van der Waals surface area contributed by atoms with Gasteiger partial charge in [0.25, 0.3) is 11.5 Å². The third-order valence-electron chi connectivity index (χ3n) is 7.42. The van der Waals surface area contributed by atoms with Gasteiger partial charge in [0.15, 0.2) is 4.80 Å². The summed E-state index contributed by atoms with van der Waals surface area (Å²) in [5.74, 6) is 0.847. The maximum absolute atomic E-state index is 14.3. The topological polar surface area (TPSA) is 81.9 Å². The lowest BCUT2D eigenvalue weighted by molar-refractivity contribution is -0.113. The molecule has 0 unspecified atom stereocenters. The maximum atomic E-state index is 14.3. The fourth-order valence-corrected chi connectivity index (χ4v) is 8.44. The van der Waals surface area contributed by atoms with Gasteiger partial charge < -0.3 is 14.8 Å². The van der Waals surface area contributed by atoms with Gasteiger partial charge in [-0.2, -0.15) is 0 Å². The SMILES string of the molecule is COc1cccc([C@@H]2C(C(=O)Nc3ccccc3)=C(C)N=c3s/c(=C\c4cc(Br)cc(I)c4OCc4ccc(Cl)cc4Cl)c(=O)n32)c1. The molecule has 0 fully saturated rings. The normalized spacial score (nSPS) is 14.4. The van der Waals surface area contributed by atoms with Gasteiger partial charge in [-0.25, -0.2) is 4.99 Å². The lowest BCUT2D eigenvalue weighted by Crippen LogP contribution is -2.40. The van der Waals surface area contributed by atoms with E-state index >= 15 is 0 Å². The van der Waals surface area contributed by atoms with E-state index in [1.807, 2.05) is 72.8 Å². The summed E-state index contributed by atoms with van der Waals surface area (Å²) in [4.78, 5) is 33.4. The predicted molar refractivity (Wildman–Crippen MR) is 199 cm³/mol. The number of thiazole rings is 1. The zero-order valence-corrected chi connectivity index (χ0v) is 31.0. The third-order valence-corrected chi connectivity index (χ3v) is 10.2. The first-order valence-corrected chi connectivity index (χ1v) is 17.7. The number of halogens is 4. The van der Waals surface area contributed by atoms with E-state index in [0.29, 0.717) is 59.0 Å². The zero-order valence-electron chi connectivity index (χ0n) is 24.9. The molecule has 1 aromatic heterocycles. The average molecular weight is 861 g/mol. The number of hydrogen-bond acceptors (Lipinski definition) is 6. The molecule has 1 aliphatic heterocycles. The number of nitrogens with zero attached hydrogens (tertiary/aromatic N) is 2. The Kier molecular flexibility index (Phi) is 10.2. The Balaban J connectivity index is 1.47. The molecule has 0 radical (unpaired) electrons. The van der Waals surface area contributed by atoms with Gasteiger partial charge in [-0.3, -0.25) is 14.2 Å². The van der Waals surface area contributed by atoms with Crippen LogP contribution in [0.1, 0.15) is 29.7 Å². The van der Waals surface area contributed by atoms with Crippen molar-refractivity contribution in [1.82, 2.24) is 4.57 Å². The fourth-order valence-electron chi connectivity index (χ4n) is 5.23. The fraction of sp³-hybridized carbons (Fsp3) is 0.114. The number of methoxy groups -OCH3 is 1. The maximum Gasteiger partial charge on any atom is 0.271 e. The predicted octanol–water partition coefficient (Wildman–Crippen LogP) is 8.14. The van der Waals surface area contributed by atoms with Gasteiger partial charge in [-0.05, 0) is 89.7 Å². The molecule has 7 nitrogen and oxygen atoms in total. The summed E-state index contributed by atoms with van der Waals surface area (Å²) >= 11 is 19.5. The largest absolute Gasteiger partial charge is 0.497 e. The van der Waals surface area contributed by atoms with Crippen molar-refractivity contribution in [3.8, 4) is 11.5 Å². The van der Waals surface area contributed by atoms with Crippen molar-refractivity contribution in [2.75, 3.05) is 12.4 Å². The monoisotopic (exact) mass is 859 g/mol. The van der Waals surface area contributed by atoms with Crippen LogP contribution in [-0.2, 0) is 11.4 Å². The molecule has 0 aliphatic carbocycles. The second-order valence-electron chi connectivity index (χ2n) is 10.5. The van der Waals surface area contributed by atoms with Crippen LogP contribution in [0, 0.1) is 3.57 Å². The average Bonchev–Trinajstić information content (AvgIpc) is 3.34. The van der Waals surface area contributed by atoms with E-state index in [1.165, 1.54) is 11.3 Å². The molecule has 0 bridgehead atoms. The van der Waals surface area contributed by atoms with Crippen molar-refractivity contribution >= 4 is 90.7 Å². The first-order chi connectivity index (χ1) is 22.6. The summed E-state index contributed by atoms with van der Waals surface area (Å²) < 4.78 is 15.5. The number of para-hydroxylation sites is 1. The van der Waals surface area contributed by atoms with Crippen LogP contribution in [0.15, 0.2) is 110 Å². The number of aromatic nitrogens is 1. The van der Waals surface area contributed by atoms with Crippen LogP contribution in [0.2, 0.25) is 10.0 Å². The van der Waals surface area contributed by atoms with Gasteiger partial charge in [0.1, 0.15) is 18.1 Å². The van der Waals surface area contributed by atoms with Gasteiger partial charge in [-0.1, -0.05) is 86.9 Å². The summed E-state index contributed by atoms with van der Waals surface area (Å²) in [5.41, 5.74) is 3.40. The van der Waals surface area contributed by atoms with Crippen molar-refractivity contribution < 1.29 is 14.3 Å². The van der Waals surface area contributed by atoms with Gasteiger partial charge in [0.05, 0.1) is 32.5 Å². The minimum atomic E-state index is -0.752. The number of benzene rings is 4.